The van der Waals surface area contributed by atoms with Crippen LogP contribution in [0.3, 0.4) is 0 Å². The van der Waals surface area contributed by atoms with Crippen molar-refractivity contribution >= 4 is 21.7 Å². The maximum atomic E-state index is 12.2. The molecule has 23 heavy (non-hydrogen) atoms. The molecule has 0 amide bonds. The zero-order valence-electron chi connectivity index (χ0n) is 13.9. The molecule has 0 saturated carbocycles. The summed E-state index contributed by atoms with van der Waals surface area (Å²) in [5.41, 5.74) is 0.387. The Morgan fingerprint density at radius 2 is 1.96 bits per heavy atom. The summed E-state index contributed by atoms with van der Waals surface area (Å²) in [5.74, 6) is -0.806. The molecule has 3 N–H and O–H groups in total. The van der Waals surface area contributed by atoms with Crippen LogP contribution >= 0.6 is 0 Å². The van der Waals surface area contributed by atoms with Crippen LogP contribution in [0.15, 0.2) is 23.1 Å². The Kier molecular flexibility index (Phi) is 7.51. The number of carboxylic acid groups (broad SMARTS) is 1. The third kappa shape index (κ3) is 6.19. The van der Waals surface area contributed by atoms with Gasteiger partial charge in [0, 0.05) is 18.8 Å². The Balaban J connectivity index is 2.96. The van der Waals surface area contributed by atoms with E-state index in [2.05, 4.69) is 10.0 Å². The average Bonchev–Trinajstić information content (AvgIpc) is 2.49. The van der Waals surface area contributed by atoms with Crippen LogP contribution in [0, 0.1) is 5.92 Å². The summed E-state index contributed by atoms with van der Waals surface area (Å²) < 4.78 is 27.0. The van der Waals surface area contributed by atoms with Gasteiger partial charge in [0.1, 0.15) is 0 Å². The monoisotopic (exact) mass is 342 g/mol. The van der Waals surface area contributed by atoms with Gasteiger partial charge in [-0.15, -0.1) is 0 Å². The van der Waals surface area contributed by atoms with Gasteiger partial charge in [0.05, 0.1) is 10.5 Å². The molecule has 0 fully saturated rings. The molecule has 6 nitrogen and oxygen atoms in total. The highest BCUT2D eigenvalue weighted by atomic mass is 32.2. The molecular formula is C16H26N2O4S. The van der Waals surface area contributed by atoms with Gasteiger partial charge in [-0.3, -0.25) is 0 Å². The van der Waals surface area contributed by atoms with Crippen molar-refractivity contribution < 1.29 is 18.3 Å². The van der Waals surface area contributed by atoms with E-state index in [-0.39, 0.29) is 10.5 Å². The summed E-state index contributed by atoms with van der Waals surface area (Å²) in [6, 6.07) is 4.14. The van der Waals surface area contributed by atoms with Crippen LogP contribution in [0.4, 0.5) is 5.69 Å². The second-order valence-corrected chi connectivity index (χ2v) is 7.66. The molecule has 0 radical (unpaired) electrons. The lowest BCUT2D eigenvalue weighted by molar-refractivity contribution is 0.0697. The fourth-order valence-corrected chi connectivity index (χ4v) is 3.10. The zero-order chi connectivity index (χ0) is 17.5. The smallest absolute Gasteiger partial charge is 0.337 e. The quantitative estimate of drug-likeness (QED) is 0.568. The van der Waals surface area contributed by atoms with Crippen molar-refractivity contribution in [3.8, 4) is 0 Å². The minimum atomic E-state index is -3.69. The predicted octanol–water partition coefficient (Wildman–Crippen LogP) is 2.92. The molecule has 1 aromatic rings. The highest BCUT2D eigenvalue weighted by Crippen LogP contribution is 2.21. The van der Waals surface area contributed by atoms with Gasteiger partial charge in [0.15, 0.2) is 0 Å². The first-order chi connectivity index (χ1) is 10.8. The number of rotatable bonds is 10. The maximum Gasteiger partial charge on any atom is 0.337 e. The number of benzene rings is 1. The summed E-state index contributed by atoms with van der Waals surface area (Å²) in [5, 5.41) is 12.3. The molecule has 0 spiro atoms. The number of anilines is 1. The van der Waals surface area contributed by atoms with Crippen molar-refractivity contribution in [3.63, 3.8) is 0 Å². The van der Waals surface area contributed by atoms with E-state index in [1.54, 1.807) is 0 Å². The predicted molar refractivity (Wildman–Crippen MR) is 91.4 cm³/mol. The summed E-state index contributed by atoms with van der Waals surface area (Å²) in [6.45, 7) is 7.02. The van der Waals surface area contributed by atoms with Crippen LogP contribution in [-0.2, 0) is 10.0 Å². The van der Waals surface area contributed by atoms with Gasteiger partial charge in [-0.25, -0.2) is 17.9 Å². The van der Waals surface area contributed by atoms with Crippen LogP contribution < -0.4 is 10.0 Å². The molecular weight excluding hydrogens is 316 g/mol. The molecule has 1 aromatic carbocycles. The maximum absolute atomic E-state index is 12.2. The molecule has 0 saturated heterocycles. The van der Waals surface area contributed by atoms with Gasteiger partial charge in [0.2, 0.25) is 10.0 Å². The van der Waals surface area contributed by atoms with Crippen molar-refractivity contribution in [2.45, 2.75) is 44.9 Å². The summed E-state index contributed by atoms with van der Waals surface area (Å²) in [7, 11) is -3.69. The lowest BCUT2D eigenvalue weighted by Crippen LogP contribution is -2.25. The summed E-state index contributed by atoms with van der Waals surface area (Å²) >= 11 is 0. The topological polar surface area (TPSA) is 95.5 Å². The Labute approximate surface area is 138 Å². The fourth-order valence-electron chi connectivity index (χ4n) is 2.00. The minimum absolute atomic E-state index is 0.0264. The Bertz CT molecular complexity index is 627. The first-order valence-corrected chi connectivity index (χ1v) is 9.37. The molecule has 0 aliphatic heterocycles. The van der Waals surface area contributed by atoms with Gasteiger partial charge in [-0.05, 0) is 30.5 Å². The van der Waals surface area contributed by atoms with E-state index in [1.165, 1.54) is 18.2 Å². The molecule has 0 aromatic heterocycles. The van der Waals surface area contributed by atoms with Crippen LogP contribution in [0.2, 0.25) is 0 Å². The van der Waals surface area contributed by atoms with Crippen LogP contribution in [0.5, 0.6) is 0 Å². The standard InChI is InChI=1S/C16H26N2O4S/c1-4-5-6-9-18-23(21,22)13-7-8-15(17-11-12(2)3)14(10-13)16(19)20/h7-8,10,12,17-18H,4-6,9,11H2,1-3H3,(H,19,20). The van der Waals surface area contributed by atoms with E-state index in [0.29, 0.717) is 24.7 Å². The van der Waals surface area contributed by atoms with Gasteiger partial charge >= 0.3 is 5.97 Å². The Hall–Kier alpha value is -1.60. The zero-order valence-corrected chi connectivity index (χ0v) is 14.7. The van der Waals surface area contributed by atoms with Gasteiger partial charge < -0.3 is 10.4 Å². The molecule has 0 atom stereocenters. The van der Waals surface area contributed by atoms with E-state index < -0.39 is 16.0 Å². The van der Waals surface area contributed by atoms with E-state index in [9.17, 15) is 18.3 Å². The minimum Gasteiger partial charge on any atom is -0.478 e. The molecule has 0 aliphatic carbocycles. The number of hydrogen-bond donors (Lipinski definition) is 3. The molecule has 0 heterocycles. The van der Waals surface area contributed by atoms with Crippen LogP contribution in [0.25, 0.3) is 0 Å². The third-order valence-electron chi connectivity index (χ3n) is 3.30. The highest BCUT2D eigenvalue weighted by Gasteiger charge is 2.18. The number of unbranched alkanes of at least 4 members (excludes halogenated alkanes) is 2. The third-order valence-corrected chi connectivity index (χ3v) is 4.76. The fraction of sp³-hybridized carbons (Fsp3) is 0.562. The van der Waals surface area contributed by atoms with E-state index in [4.69, 9.17) is 0 Å². The average molecular weight is 342 g/mol. The lowest BCUT2D eigenvalue weighted by atomic mass is 10.1. The first kappa shape index (κ1) is 19.4. The Morgan fingerprint density at radius 3 is 2.52 bits per heavy atom. The summed E-state index contributed by atoms with van der Waals surface area (Å²) in [6.07, 6.45) is 2.71. The van der Waals surface area contributed by atoms with Crippen LogP contribution in [0.1, 0.15) is 50.4 Å². The molecule has 1 rings (SSSR count). The molecule has 0 aliphatic rings. The van der Waals surface area contributed by atoms with Gasteiger partial charge in [0.25, 0.3) is 0 Å². The van der Waals surface area contributed by atoms with Crippen molar-refractivity contribution in [1.29, 1.82) is 0 Å². The number of hydrogen-bond acceptors (Lipinski definition) is 4. The molecule has 0 unspecified atom stereocenters. The largest absolute Gasteiger partial charge is 0.478 e. The van der Waals surface area contributed by atoms with Crippen molar-refractivity contribution in [1.82, 2.24) is 4.72 Å². The highest BCUT2D eigenvalue weighted by molar-refractivity contribution is 7.89. The van der Waals surface area contributed by atoms with Gasteiger partial charge in [-0.1, -0.05) is 33.6 Å². The van der Waals surface area contributed by atoms with Crippen LogP contribution in [-0.4, -0.2) is 32.6 Å². The summed E-state index contributed by atoms with van der Waals surface area (Å²) in [4.78, 5) is 11.4. The Morgan fingerprint density at radius 1 is 1.26 bits per heavy atom. The molecule has 0 bridgehead atoms. The molecule has 7 heteroatoms. The van der Waals surface area contributed by atoms with E-state index >= 15 is 0 Å². The second-order valence-electron chi connectivity index (χ2n) is 5.89. The number of nitrogens with one attached hydrogen (secondary N) is 2. The van der Waals surface area contributed by atoms with E-state index in [1.807, 2.05) is 20.8 Å². The van der Waals surface area contributed by atoms with Crippen molar-refractivity contribution in [2.24, 2.45) is 5.92 Å². The van der Waals surface area contributed by atoms with E-state index in [0.717, 1.165) is 19.3 Å². The first-order valence-electron chi connectivity index (χ1n) is 7.88. The number of aromatic carboxylic acids is 1. The normalized spacial score (nSPS) is 11.7. The SMILES string of the molecule is CCCCCNS(=O)(=O)c1ccc(NCC(C)C)c(C(=O)O)c1. The number of sulfonamides is 1. The second kappa shape index (κ2) is 8.88. The van der Waals surface area contributed by atoms with Crippen molar-refractivity contribution in [2.75, 3.05) is 18.4 Å². The van der Waals surface area contributed by atoms with Crippen molar-refractivity contribution in [3.05, 3.63) is 23.8 Å². The number of carboxylic acids is 1. The number of carbonyl (C=O) groups is 1. The van der Waals surface area contributed by atoms with Gasteiger partial charge in [-0.2, -0.15) is 0 Å². The molecule has 130 valence electrons. The lowest BCUT2D eigenvalue weighted by Gasteiger charge is -2.13.